The number of hydrogen-bond acceptors (Lipinski definition) is 5. The van der Waals surface area contributed by atoms with E-state index in [2.05, 4.69) is 15.8 Å². The number of hydrazone groups is 1. The van der Waals surface area contributed by atoms with Crippen molar-refractivity contribution in [2.75, 3.05) is 19.5 Å². The normalized spacial score (nSPS) is 10.5. The predicted octanol–water partition coefficient (Wildman–Crippen LogP) is 4.60. The van der Waals surface area contributed by atoms with Crippen molar-refractivity contribution in [2.24, 2.45) is 5.10 Å². The predicted molar refractivity (Wildman–Crippen MR) is 124 cm³/mol. The molecule has 0 saturated heterocycles. The molecule has 3 aromatic carbocycles. The molecule has 7 heteroatoms. The fraction of sp³-hybridized carbons (Fsp3) is 0.130. The molecule has 0 saturated carbocycles. The fourth-order valence-corrected chi connectivity index (χ4v) is 2.85. The Hall–Kier alpha value is -3.58. The Morgan fingerprint density at radius 1 is 0.900 bits per heavy atom. The van der Waals surface area contributed by atoms with Crippen molar-refractivity contribution in [3.63, 3.8) is 0 Å². The van der Waals surface area contributed by atoms with E-state index >= 15 is 0 Å². The Morgan fingerprint density at radius 3 is 2.40 bits per heavy atom. The minimum absolute atomic E-state index is 0.352. The molecule has 0 bridgehead atoms. The first-order valence-corrected chi connectivity index (χ1v) is 9.68. The van der Waals surface area contributed by atoms with Gasteiger partial charge in [-0.25, -0.2) is 0 Å². The first-order chi connectivity index (χ1) is 14.7. The Kier molecular flexibility index (Phi) is 7.63. The number of anilines is 1. The molecule has 3 aromatic rings. The van der Waals surface area contributed by atoms with Gasteiger partial charge in [0.05, 0.1) is 26.1 Å². The van der Waals surface area contributed by atoms with Crippen LogP contribution in [0, 0.1) is 0 Å². The van der Waals surface area contributed by atoms with E-state index in [9.17, 15) is 0 Å². The number of methoxy groups -OCH3 is 2. The van der Waals surface area contributed by atoms with Crippen molar-refractivity contribution >= 4 is 29.2 Å². The zero-order chi connectivity index (χ0) is 21.2. The largest absolute Gasteiger partial charge is 0.495 e. The van der Waals surface area contributed by atoms with E-state index in [0.29, 0.717) is 29.0 Å². The standard InChI is InChI=1S/C23H23N3O3S/c1-27-20-11-7-6-10-19(20)25-23(30)26-24-15-18-12-13-21(28-2)22(14-18)29-16-17-8-4-3-5-9-17/h3-15H,16H2,1-2H3,(H2,25,26,30)/b24-15-. The van der Waals surface area contributed by atoms with Crippen molar-refractivity contribution < 1.29 is 14.2 Å². The summed E-state index contributed by atoms with van der Waals surface area (Å²) in [5, 5.41) is 7.60. The van der Waals surface area contributed by atoms with E-state index in [-0.39, 0.29) is 0 Å². The smallest absolute Gasteiger partial charge is 0.191 e. The maximum atomic E-state index is 5.93. The van der Waals surface area contributed by atoms with Crippen LogP contribution in [0.4, 0.5) is 5.69 Å². The van der Waals surface area contributed by atoms with Crippen LogP contribution >= 0.6 is 12.2 Å². The summed E-state index contributed by atoms with van der Waals surface area (Å²) in [6.45, 7) is 0.447. The van der Waals surface area contributed by atoms with E-state index in [1.165, 1.54) is 0 Å². The average Bonchev–Trinajstić information content (AvgIpc) is 2.79. The number of nitrogens with one attached hydrogen (secondary N) is 2. The zero-order valence-corrected chi connectivity index (χ0v) is 17.6. The number of benzene rings is 3. The molecule has 2 N–H and O–H groups in total. The number of hydrogen-bond donors (Lipinski definition) is 2. The van der Waals surface area contributed by atoms with Gasteiger partial charge in [-0.1, -0.05) is 42.5 Å². The van der Waals surface area contributed by atoms with Crippen LogP contribution in [-0.4, -0.2) is 25.5 Å². The number of thiocarbonyl (C=S) groups is 1. The monoisotopic (exact) mass is 421 g/mol. The minimum Gasteiger partial charge on any atom is -0.495 e. The molecule has 0 heterocycles. The van der Waals surface area contributed by atoms with Crippen molar-refractivity contribution in [2.45, 2.75) is 6.61 Å². The quantitative estimate of drug-likeness (QED) is 0.315. The molecule has 3 rings (SSSR count). The molecule has 0 atom stereocenters. The maximum Gasteiger partial charge on any atom is 0.191 e. The van der Waals surface area contributed by atoms with Gasteiger partial charge in [0.25, 0.3) is 0 Å². The van der Waals surface area contributed by atoms with E-state index < -0.39 is 0 Å². The molecule has 0 radical (unpaired) electrons. The van der Waals surface area contributed by atoms with E-state index in [1.54, 1.807) is 20.4 Å². The Balaban J connectivity index is 1.61. The van der Waals surface area contributed by atoms with Crippen molar-refractivity contribution in [3.05, 3.63) is 83.9 Å². The highest BCUT2D eigenvalue weighted by molar-refractivity contribution is 7.80. The van der Waals surface area contributed by atoms with Gasteiger partial charge in [-0.05, 0) is 53.7 Å². The molecule has 0 aromatic heterocycles. The molecular weight excluding hydrogens is 398 g/mol. The van der Waals surface area contributed by atoms with E-state index in [1.807, 2.05) is 72.8 Å². The van der Waals surface area contributed by atoms with Gasteiger partial charge in [0.2, 0.25) is 0 Å². The third-order valence-corrected chi connectivity index (χ3v) is 4.35. The van der Waals surface area contributed by atoms with Gasteiger partial charge in [0, 0.05) is 0 Å². The van der Waals surface area contributed by atoms with E-state index in [0.717, 1.165) is 16.8 Å². The van der Waals surface area contributed by atoms with Crippen LogP contribution in [0.2, 0.25) is 0 Å². The Bertz CT molecular complexity index is 1010. The number of rotatable bonds is 8. The highest BCUT2D eigenvalue weighted by Gasteiger charge is 2.06. The van der Waals surface area contributed by atoms with Crippen molar-refractivity contribution in [1.29, 1.82) is 0 Å². The molecule has 0 fully saturated rings. The fourth-order valence-electron chi connectivity index (χ4n) is 2.69. The molecule has 6 nitrogen and oxygen atoms in total. The van der Waals surface area contributed by atoms with Crippen molar-refractivity contribution in [1.82, 2.24) is 5.43 Å². The average molecular weight is 422 g/mol. The molecule has 154 valence electrons. The van der Waals surface area contributed by atoms with Gasteiger partial charge in [-0.15, -0.1) is 0 Å². The molecular formula is C23H23N3O3S. The summed E-state index contributed by atoms with van der Waals surface area (Å²) in [5.74, 6) is 1.99. The lowest BCUT2D eigenvalue weighted by atomic mass is 10.2. The van der Waals surface area contributed by atoms with Crippen LogP contribution in [0.25, 0.3) is 0 Å². The lowest BCUT2D eigenvalue weighted by Gasteiger charge is -2.12. The lowest BCUT2D eigenvalue weighted by molar-refractivity contribution is 0.284. The number of nitrogens with zero attached hydrogens (tertiary/aromatic N) is 1. The molecule has 0 unspecified atom stereocenters. The van der Waals surface area contributed by atoms with Gasteiger partial charge in [0.15, 0.2) is 16.6 Å². The summed E-state index contributed by atoms with van der Waals surface area (Å²) >= 11 is 5.28. The van der Waals surface area contributed by atoms with Crippen LogP contribution < -0.4 is 25.0 Å². The Morgan fingerprint density at radius 2 is 1.63 bits per heavy atom. The molecule has 0 aliphatic heterocycles. The number of para-hydroxylation sites is 2. The van der Waals surface area contributed by atoms with Gasteiger partial charge >= 0.3 is 0 Å². The summed E-state index contributed by atoms with van der Waals surface area (Å²) in [5.41, 5.74) is 5.47. The highest BCUT2D eigenvalue weighted by Crippen LogP contribution is 2.28. The first kappa shape index (κ1) is 21.1. The summed E-state index contributed by atoms with van der Waals surface area (Å²) < 4.78 is 16.6. The summed E-state index contributed by atoms with van der Waals surface area (Å²) in [7, 11) is 3.22. The SMILES string of the molecule is COc1ccccc1NC(=S)N/N=C\c1ccc(OC)c(OCc2ccccc2)c1. The summed E-state index contributed by atoms with van der Waals surface area (Å²) in [4.78, 5) is 0. The lowest BCUT2D eigenvalue weighted by Crippen LogP contribution is -2.24. The molecule has 30 heavy (non-hydrogen) atoms. The van der Waals surface area contributed by atoms with Crippen LogP contribution in [0.5, 0.6) is 17.2 Å². The zero-order valence-electron chi connectivity index (χ0n) is 16.8. The second kappa shape index (κ2) is 10.8. The van der Waals surface area contributed by atoms with Crippen LogP contribution in [0.1, 0.15) is 11.1 Å². The van der Waals surface area contributed by atoms with Crippen LogP contribution in [-0.2, 0) is 6.61 Å². The first-order valence-electron chi connectivity index (χ1n) is 9.27. The molecule has 0 aliphatic carbocycles. The van der Waals surface area contributed by atoms with Gasteiger partial charge < -0.3 is 19.5 Å². The van der Waals surface area contributed by atoms with Gasteiger partial charge in [-0.3, -0.25) is 5.43 Å². The number of ether oxygens (including phenoxy) is 3. The second-order valence-corrected chi connectivity index (χ2v) is 6.62. The molecule has 0 aliphatic rings. The van der Waals surface area contributed by atoms with Crippen LogP contribution in [0.3, 0.4) is 0 Å². The third-order valence-electron chi connectivity index (χ3n) is 4.16. The van der Waals surface area contributed by atoms with Crippen molar-refractivity contribution in [3.8, 4) is 17.2 Å². The van der Waals surface area contributed by atoms with Gasteiger partial charge in [0.1, 0.15) is 12.4 Å². The molecule has 0 spiro atoms. The maximum absolute atomic E-state index is 5.93. The Labute approximate surface area is 181 Å². The highest BCUT2D eigenvalue weighted by atomic mass is 32.1. The second-order valence-electron chi connectivity index (χ2n) is 6.21. The van der Waals surface area contributed by atoms with E-state index in [4.69, 9.17) is 26.4 Å². The third kappa shape index (κ3) is 5.96. The summed E-state index contributed by atoms with van der Waals surface area (Å²) in [6, 6.07) is 23.0. The molecule has 0 amide bonds. The minimum atomic E-state index is 0.352. The van der Waals surface area contributed by atoms with Crippen LogP contribution in [0.15, 0.2) is 77.9 Å². The topological polar surface area (TPSA) is 64.1 Å². The van der Waals surface area contributed by atoms with Gasteiger partial charge in [-0.2, -0.15) is 5.10 Å². The summed E-state index contributed by atoms with van der Waals surface area (Å²) in [6.07, 6.45) is 1.66.